The van der Waals surface area contributed by atoms with Crippen LogP contribution in [0.25, 0.3) is 0 Å². The smallest absolute Gasteiger partial charge is 0.252 e. The third-order valence-corrected chi connectivity index (χ3v) is 6.15. The van der Waals surface area contributed by atoms with Crippen molar-refractivity contribution in [1.29, 1.82) is 0 Å². The second kappa shape index (κ2) is 9.96. The van der Waals surface area contributed by atoms with Crippen LogP contribution in [0.5, 0.6) is 5.75 Å². The number of rotatable bonds is 8. The fourth-order valence-corrected chi connectivity index (χ4v) is 3.86. The van der Waals surface area contributed by atoms with Crippen LogP contribution in [-0.4, -0.2) is 54.9 Å². The first-order valence-electron chi connectivity index (χ1n) is 11.0. The third kappa shape index (κ3) is 5.52. The van der Waals surface area contributed by atoms with E-state index in [-0.39, 0.29) is 35.6 Å². The summed E-state index contributed by atoms with van der Waals surface area (Å²) in [4.78, 5) is 40.2. The molecule has 1 aromatic carbocycles. The second-order valence-corrected chi connectivity index (χ2v) is 8.44. The lowest BCUT2D eigenvalue weighted by Crippen LogP contribution is -2.55. The van der Waals surface area contributed by atoms with Crippen molar-refractivity contribution in [2.24, 2.45) is 11.8 Å². The molecule has 1 heterocycles. The van der Waals surface area contributed by atoms with E-state index >= 15 is 0 Å². The van der Waals surface area contributed by atoms with Gasteiger partial charge in [0.1, 0.15) is 11.8 Å². The van der Waals surface area contributed by atoms with Gasteiger partial charge in [0.05, 0.1) is 7.11 Å². The molecule has 2 atom stereocenters. The molecule has 3 rings (SSSR count). The maximum atomic E-state index is 13.0. The molecule has 2 fully saturated rings. The van der Waals surface area contributed by atoms with Gasteiger partial charge in [-0.25, -0.2) is 0 Å². The fraction of sp³-hybridized carbons (Fsp3) is 0.609. The number of carbonyl (C=O) groups excluding carboxylic acids is 3. The van der Waals surface area contributed by atoms with E-state index in [0.29, 0.717) is 37.2 Å². The van der Waals surface area contributed by atoms with Gasteiger partial charge in [-0.1, -0.05) is 13.0 Å². The lowest BCUT2D eigenvalue weighted by Gasteiger charge is -2.36. The van der Waals surface area contributed by atoms with Crippen LogP contribution < -0.4 is 15.4 Å². The van der Waals surface area contributed by atoms with Gasteiger partial charge in [0.25, 0.3) is 5.91 Å². The molecule has 0 unspecified atom stereocenters. The number of benzene rings is 1. The summed E-state index contributed by atoms with van der Waals surface area (Å²) < 4.78 is 5.20. The highest BCUT2D eigenvalue weighted by Crippen LogP contribution is 2.33. The van der Waals surface area contributed by atoms with Gasteiger partial charge < -0.3 is 20.3 Å². The quantitative estimate of drug-likeness (QED) is 0.682. The Morgan fingerprint density at radius 2 is 1.83 bits per heavy atom. The highest BCUT2D eigenvalue weighted by atomic mass is 16.5. The van der Waals surface area contributed by atoms with Crippen molar-refractivity contribution in [2.45, 2.75) is 58.0 Å². The zero-order chi connectivity index (χ0) is 21.7. The Bertz CT molecular complexity index is 769. The number of amides is 3. The van der Waals surface area contributed by atoms with E-state index in [2.05, 4.69) is 10.6 Å². The summed E-state index contributed by atoms with van der Waals surface area (Å²) in [5.74, 6) is 0.581. The third-order valence-electron chi connectivity index (χ3n) is 6.15. The molecule has 1 saturated heterocycles. The van der Waals surface area contributed by atoms with E-state index in [1.165, 1.54) is 0 Å². The van der Waals surface area contributed by atoms with Gasteiger partial charge in [0, 0.05) is 30.6 Å². The molecule has 7 nitrogen and oxygen atoms in total. The molecule has 0 aromatic heterocycles. The van der Waals surface area contributed by atoms with Crippen molar-refractivity contribution >= 4 is 17.7 Å². The van der Waals surface area contributed by atoms with Gasteiger partial charge in [-0.2, -0.15) is 0 Å². The molecular formula is C23H33N3O4. The van der Waals surface area contributed by atoms with Crippen LogP contribution in [0, 0.1) is 11.8 Å². The Kier molecular flexibility index (Phi) is 7.34. The zero-order valence-corrected chi connectivity index (χ0v) is 18.1. The van der Waals surface area contributed by atoms with Gasteiger partial charge in [-0.15, -0.1) is 0 Å². The van der Waals surface area contributed by atoms with Crippen molar-refractivity contribution in [3.63, 3.8) is 0 Å². The van der Waals surface area contributed by atoms with Crippen LogP contribution in [-0.2, 0) is 9.59 Å². The molecule has 30 heavy (non-hydrogen) atoms. The summed E-state index contributed by atoms with van der Waals surface area (Å²) in [5.41, 5.74) is 0.456. The Morgan fingerprint density at radius 1 is 1.13 bits per heavy atom. The highest BCUT2D eigenvalue weighted by molar-refractivity contribution is 5.98. The number of nitrogens with one attached hydrogen (secondary N) is 2. The molecule has 2 N–H and O–H groups in total. The number of nitrogens with zero attached hydrogens (tertiary/aromatic N) is 1. The molecule has 2 aliphatic rings. The minimum atomic E-state index is -0.629. The fourth-order valence-electron chi connectivity index (χ4n) is 3.86. The van der Waals surface area contributed by atoms with E-state index < -0.39 is 6.04 Å². The van der Waals surface area contributed by atoms with Gasteiger partial charge in [-0.05, 0) is 63.1 Å². The molecule has 7 heteroatoms. The molecule has 1 aromatic rings. The van der Waals surface area contributed by atoms with Crippen molar-refractivity contribution in [1.82, 2.24) is 15.5 Å². The summed E-state index contributed by atoms with van der Waals surface area (Å²) in [7, 11) is 1.55. The Labute approximate surface area is 178 Å². The van der Waals surface area contributed by atoms with Crippen LogP contribution in [0.3, 0.4) is 0 Å². The number of carbonyl (C=O) groups is 3. The maximum absolute atomic E-state index is 13.0. The lowest BCUT2D eigenvalue weighted by molar-refractivity contribution is -0.134. The van der Waals surface area contributed by atoms with Gasteiger partial charge in [0.2, 0.25) is 11.8 Å². The van der Waals surface area contributed by atoms with Crippen molar-refractivity contribution in [3.8, 4) is 5.75 Å². The number of hydrogen-bond acceptors (Lipinski definition) is 4. The second-order valence-electron chi connectivity index (χ2n) is 8.44. The summed E-state index contributed by atoms with van der Waals surface area (Å²) in [6.07, 6.45) is 4.21. The largest absolute Gasteiger partial charge is 0.497 e. The van der Waals surface area contributed by atoms with E-state index in [1.54, 1.807) is 31.4 Å². The van der Waals surface area contributed by atoms with Crippen molar-refractivity contribution < 1.29 is 19.1 Å². The van der Waals surface area contributed by atoms with Gasteiger partial charge in [0.15, 0.2) is 0 Å². The minimum Gasteiger partial charge on any atom is -0.497 e. The Balaban J connectivity index is 1.69. The zero-order valence-electron chi connectivity index (χ0n) is 18.1. The summed E-state index contributed by atoms with van der Waals surface area (Å²) in [6.45, 7) is 5.25. The van der Waals surface area contributed by atoms with E-state index in [9.17, 15) is 14.4 Å². The molecule has 1 aliphatic carbocycles. The van der Waals surface area contributed by atoms with Crippen LogP contribution in [0.4, 0.5) is 0 Å². The predicted octanol–water partition coefficient (Wildman–Crippen LogP) is 2.36. The SMILES string of the molecule is CC[C@H](C)NC(=O)[C@@H](NC(=O)c1cccc(OC)c1)C1CCN(C(=O)C2CC2)CC1. The van der Waals surface area contributed by atoms with Gasteiger partial charge >= 0.3 is 0 Å². The summed E-state index contributed by atoms with van der Waals surface area (Å²) >= 11 is 0. The number of hydrogen-bond donors (Lipinski definition) is 2. The molecule has 164 valence electrons. The number of ether oxygens (including phenoxy) is 1. The summed E-state index contributed by atoms with van der Waals surface area (Å²) in [5, 5.41) is 5.96. The Hall–Kier alpha value is -2.57. The molecule has 0 bridgehead atoms. The molecular weight excluding hydrogens is 382 g/mol. The molecule has 3 amide bonds. The number of methoxy groups -OCH3 is 1. The predicted molar refractivity (Wildman–Crippen MR) is 114 cm³/mol. The first kappa shape index (κ1) is 22.1. The highest BCUT2D eigenvalue weighted by Gasteiger charge is 2.38. The van der Waals surface area contributed by atoms with Crippen molar-refractivity contribution in [3.05, 3.63) is 29.8 Å². The average Bonchev–Trinajstić information content (AvgIpc) is 3.62. The topological polar surface area (TPSA) is 87.7 Å². The van der Waals surface area contributed by atoms with Crippen LogP contribution >= 0.6 is 0 Å². The molecule has 1 saturated carbocycles. The molecule has 0 radical (unpaired) electrons. The first-order valence-corrected chi connectivity index (χ1v) is 11.0. The molecule has 0 spiro atoms. The van der Waals surface area contributed by atoms with E-state index in [1.807, 2.05) is 18.7 Å². The van der Waals surface area contributed by atoms with E-state index in [0.717, 1.165) is 19.3 Å². The van der Waals surface area contributed by atoms with Crippen LogP contribution in [0.1, 0.15) is 56.3 Å². The standard InChI is InChI=1S/C23H33N3O4/c1-4-15(2)24-22(28)20(25-21(27)18-6-5-7-19(14-18)30-3)16-10-12-26(13-11-16)23(29)17-8-9-17/h5-7,14-17,20H,4,8-13H2,1-3H3,(H,24,28)(H,25,27)/t15-,20-/m0/s1. The first-order chi connectivity index (χ1) is 14.4. The maximum Gasteiger partial charge on any atom is 0.252 e. The van der Waals surface area contributed by atoms with Crippen LogP contribution in [0.15, 0.2) is 24.3 Å². The summed E-state index contributed by atoms with van der Waals surface area (Å²) in [6, 6.07) is 6.30. The van der Waals surface area contributed by atoms with Crippen LogP contribution in [0.2, 0.25) is 0 Å². The number of likely N-dealkylation sites (tertiary alicyclic amines) is 1. The normalized spacial score (nSPS) is 19.0. The minimum absolute atomic E-state index is 0.00753. The monoisotopic (exact) mass is 415 g/mol. The lowest BCUT2D eigenvalue weighted by atomic mass is 9.88. The Morgan fingerprint density at radius 3 is 2.43 bits per heavy atom. The van der Waals surface area contributed by atoms with Gasteiger partial charge in [-0.3, -0.25) is 14.4 Å². The van der Waals surface area contributed by atoms with Crippen molar-refractivity contribution in [2.75, 3.05) is 20.2 Å². The average molecular weight is 416 g/mol. The van der Waals surface area contributed by atoms with E-state index in [4.69, 9.17) is 4.74 Å². The number of piperidine rings is 1. The molecule has 1 aliphatic heterocycles.